The summed E-state index contributed by atoms with van der Waals surface area (Å²) in [6, 6.07) is 22.1. The van der Waals surface area contributed by atoms with Crippen LogP contribution in [-0.4, -0.2) is 0 Å². The van der Waals surface area contributed by atoms with E-state index in [0.29, 0.717) is 0 Å². The molecule has 0 saturated heterocycles. The topological polar surface area (TPSA) is 0 Å². The summed E-state index contributed by atoms with van der Waals surface area (Å²) in [6.45, 7) is 17.2. The maximum atomic E-state index is 2.37. The van der Waals surface area contributed by atoms with Gasteiger partial charge in [0.25, 0.3) is 0 Å². The summed E-state index contributed by atoms with van der Waals surface area (Å²) in [7, 11) is 0. The predicted octanol–water partition coefficient (Wildman–Crippen LogP) is 9.00. The van der Waals surface area contributed by atoms with Crippen molar-refractivity contribution in [1.29, 1.82) is 0 Å². The van der Waals surface area contributed by atoms with E-state index in [9.17, 15) is 0 Å². The summed E-state index contributed by atoms with van der Waals surface area (Å²) in [5, 5.41) is 2.66. The van der Waals surface area contributed by atoms with Gasteiger partial charge in [-0.05, 0) is 45.2 Å². The second-order valence-electron chi connectivity index (χ2n) is 7.33. The minimum Gasteiger partial charge on any atom is -0.0683 e. The molecule has 3 aromatic rings. The van der Waals surface area contributed by atoms with Gasteiger partial charge in [-0.1, -0.05) is 117 Å². The van der Waals surface area contributed by atoms with Crippen LogP contribution in [0.5, 0.6) is 0 Å². The Bertz CT molecular complexity index is 822. The lowest BCUT2D eigenvalue weighted by atomic mass is 9.82. The Hall–Kier alpha value is -2.08. The third-order valence-electron chi connectivity index (χ3n) is 4.45. The lowest BCUT2D eigenvalue weighted by Gasteiger charge is -2.21. The SMILES string of the molecule is CC.CC1(C)c2ccccc2-c2cc3ccccc3cc21.CCC.CCC. The van der Waals surface area contributed by atoms with Crippen LogP contribution >= 0.6 is 0 Å². The van der Waals surface area contributed by atoms with Crippen LogP contribution in [0.15, 0.2) is 60.7 Å². The molecule has 0 saturated carbocycles. The molecule has 0 aliphatic heterocycles. The Labute approximate surface area is 167 Å². The molecular weight excluding hydrogens is 324 g/mol. The van der Waals surface area contributed by atoms with Gasteiger partial charge in [0.2, 0.25) is 0 Å². The maximum Gasteiger partial charge on any atom is 0.0159 e. The molecule has 0 bridgehead atoms. The van der Waals surface area contributed by atoms with Crippen LogP contribution in [0.4, 0.5) is 0 Å². The predicted molar refractivity (Wildman–Crippen MR) is 125 cm³/mol. The van der Waals surface area contributed by atoms with Crippen molar-refractivity contribution in [2.75, 3.05) is 0 Å². The van der Waals surface area contributed by atoms with E-state index < -0.39 is 0 Å². The van der Waals surface area contributed by atoms with Gasteiger partial charge in [-0.3, -0.25) is 0 Å². The molecule has 1 aliphatic carbocycles. The van der Waals surface area contributed by atoms with Gasteiger partial charge in [0.15, 0.2) is 0 Å². The Kier molecular flexibility index (Phi) is 9.29. The highest BCUT2D eigenvalue weighted by atomic mass is 14.4. The fraction of sp³-hybridized carbons (Fsp3) is 0.407. The normalized spacial score (nSPS) is 12.3. The van der Waals surface area contributed by atoms with Crippen molar-refractivity contribution in [1.82, 2.24) is 0 Å². The molecule has 1 aliphatic rings. The summed E-state index contributed by atoms with van der Waals surface area (Å²) < 4.78 is 0. The first-order chi connectivity index (χ1) is 13.0. The first-order valence-electron chi connectivity index (χ1n) is 10.6. The van der Waals surface area contributed by atoms with E-state index in [1.54, 1.807) is 0 Å². The molecule has 0 amide bonds. The fourth-order valence-electron chi connectivity index (χ4n) is 3.39. The molecule has 0 heteroatoms. The molecule has 4 rings (SSSR count). The van der Waals surface area contributed by atoms with E-state index in [1.807, 2.05) is 13.8 Å². The van der Waals surface area contributed by atoms with E-state index in [2.05, 4.69) is 102 Å². The largest absolute Gasteiger partial charge is 0.0683 e. The van der Waals surface area contributed by atoms with Gasteiger partial charge in [0, 0.05) is 5.41 Å². The minimum atomic E-state index is 0.107. The Morgan fingerprint density at radius 3 is 1.59 bits per heavy atom. The van der Waals surface area contributed by atoms with Crippen LogP contribution in [0, 0.1) is 0 Å². The van der Waals surface area contributed by atoms with Gasteiger partial charge in [-0.15, -0.1) is 0 Å². The first kappa shape index (κ1) is 23.0. The third-order valence-corrected chi connectivity index (χ3v) is 4.45. The summed E-state index contributed by atoms with van der Waals surface area (Å²) in [6.07, 6.45) is 2.50. The van der Waals surface area contributed by atoms with E-state index in [4.69, 9.17) is 0 Å². The van der Waals surface area contributed by atoms with Gasteiger partial charge >= 0.3 is 0 Å². The zero-order valence-electron chi connectivity index (χ0n) is 18.7. The molecule has 146 valence electrons. The average molecular weight is 363 g/mol. The van der Waals surface area contributed by atoms with Crippen LogP contribution in [0.2, 0.25) is 0 Å². The Morgan fingerprint density at radius 1 is 0.593 bits per heavy atom. The molecule has 0 heterocycles. The molecule has 0 nitrogen and oxygen atoms in total. The number of hydrogen-bond donors (Lipinski definition) is 0. The highest BCUT2D eigenvalue weighted by molar-refractivity contribution is 5.93. The molecule has 0 radical (unpaired) electrons. The monoisotopic (exact) mass is 362 g/mol. The van der Waals surface area contributed by atoms with Gasteiger partial charge in [0.1, 0.15) is 0 Å². The highest BCUT2D eigenvalue weighted by Gasteiger charge is 2.35. The lowest BCUT2D eigenvalue weighted by molar-refractivity contribution is 0.661. The number of fused-ring (bicyclic) bond motifs is 4. The molecule has 0 unspecified atom stereocenters. The van der Waals surface area contributed by atoms with Crippen molar-refractivity contribution in [3.05, 3.63) is 71.8 Å². The van der Waals surface area contributed by atoms with Crippen molar-refractivity contribution in [3.8, 4) is 11.1 Å². The molecule has 0 aromatic heterocycles. The summed E-state index contributed by atoms with van der Waals surface area (Å²) in [4.78, 5) is 0. The highest BCUT2D eigenvalue weighted by Crippen LogP contribution is 2.49. The van der Waals surface area contributed by atoms with Gasteiger partial charge in [-0.2, -0.15) is 0 Å². The van der Waals surface area contributed by atoms with E-state index >= 15 is 0 Å². The van der Waals surface area contributed by atoms with Gasteiger partial charge in [-0.25, -0.2) is 0 Å². The van der Waals surface area contributed by atoms with Gasteiger partial charge in [0.05, 0.1) is 0 Å². The lowest BCUT2D eigenvalue weighted by Crippen LogP contribution is -2.14. The van der Waals surface area contributed by atoms with E-state index in [1.165, 1.54) is 45.9 Å². The smallest absolute Gasteiger partial charge is 0.0159 e. The summed E-state index contributed by atoms with van der Waals surface area (Å²) in [5.74, 6) is 0. The van der Waals surface area contributed by atoms with Crippen molar-refractivity contribution in [2.24, 2.45) is 0 Å². The van der Waals surface area contributed by atoms with Crippen molar-refractivity contribution in [3.63, 3.8) is 0 Å². The van der Waals surface area contributed by atoms with Crippen LogP contribution in [0.3, 0.4) is 0 Å². The van der Waals surface area contributed by atoms with Crippen LogP contribution < -0.4 is 0 Å². The fourth-order valence-corrected chi connectivity index (χ4v) is 3.39. The van der Waals surface area contributed by atoms with E-state index in [-0.39, 0.29) is 5.41 Å². The standard InChI is InChI=1S/C19H16.2C3H8.C2H6/c1-19(2)17-10-6-5-9-15(17)16-11-13-7-3-4-8-14(13)12-18(16)19;2*1-3-2;1-2/h3-12H,1-2H3;2*3H2,1-2H3;1-2H3. The molecule has 3 aromatic carbocycles. The Balaban J connectivity index is 0.000000399. The minimum absolute atomic E-state index is 0.107. The summed E-state index contributed by atoms with van der Waals surface area (Å²) in [5.41, 5.74) is 5.80. The quantitative estimate of drug-likeness (QED) is 0.374. The summed E-state index contributed by atoms with van der Waals surface area (Å²) >= 11 is 0. The first-order valence-corrected chi connectivity index (χ1v) is 10.6. The number of rotatable bonds is 0. The third kappa shape index (κ3) is 5.01. The average Bonchev–Trinajstić information content (AvgIpc) is 2.91. The molecule has 0 N–H and O–H groups in total. The zero-order chi connectivity index (χ0) is 20.4. The molecule has 27 heavy (non-hydrogen) atoms. The molecule has 0 fully saturated rings. The molecule has 0 atom stereocenters. The second-order valence-corrected chi connectivity index (χ2v) is 7.33. The molecular formula is C27H38. The van der Waals surface area contributed by atoms with Crippen LogP contribution in [-0.2, 0) is 5.41 Å². The second kappa shape index (κ2) is 10.9. The number of benzene rings is 3. The maximum absolute atomic E-state index is 2.37. The van der Waals surface area contributed by atoms with Crippen LogP contribution in [0.25, 0.3) is 21.9 Å². The van der Waals surface area contributed by atoms with Crippen molar-refractivity contribution in [2.45, 2.75) is 73.6 Å². The molecule has 0 spiro atoms. The van der Waals surface area contributed by atoms with Crippen molar-refractivity contribution >= 4 is 10.8 Å². The van der Waals surface area contributed by atoms with Gasteiger partial charge < -0.3 is 0 Å². The number of hydrogen-bond acceptors (Lipinski definition) is 0. The Morgan fingerprint density at radius 2 is 1.04 bits per heavy atom. The van der Waals surface area contributed by atoms with Crippen LogP contribution in [0.1, 0.15) is 79.4 Å². The van der Waals surface area contributed by atoms with E-state index in [0.717, 1.165) is 0 Å². The van der Waals surface area contributed by atoms with Crippen molar-refractivity contribution < 1.29 is 0 Å². The zero-order valence-corrected chi connectivity index (χ0v) is 18.7.